The molecule has 0 fully saturated rings. The zero-order chi connectivity index (χ0) is 34.0. The van der Waals surface area contributed by atoms with E-state index in [-0.39, 0.29) is 43.5 Å². The number of fused-ring (bicyclic) bond motifs is 6. The van der Waals surface area contributed by atoms with Gasteiger partial charge in [0.15, 0.2) is 40.2 Å². The summed E-state index contributed by atoms with van der Waals surface area (Å²) in [5, 5.41) is 31.6. The molecule has 0 spiro atoms. The molecule has 0 aliphatic carbocycles. The Bertz CT molecular complexity index is 2170. The zero-order valence-electron chi connectivity index (χ0n) is 27.0. The number of nitrogens with one attached hydrogen (secondary N) is 3. The summed E-state index contributed by atoms with van der Waals surface area (Å²) in [7, 11) is 0. The van der Waals surface area contributed by atoms with Crippen LogP contribution in [0.5, 0.6) is 23.5 Å². The van der Waals surface area contributed by atoms with Crippen LogP contribution in [0, 0.1) is 0 Å². The fraction of sp³-hybridized carbons (Fsp3) is 0.333. The fourth-order valence-electron chi connectivity index (χ4n) is 6.01. The predicted molar refractivity (Wildman–Crippen MR) is 185 cm³/mol. The number of nitrogens with two attached hydrogens (primary N) is 1. The molecule has 6 heterocycles. The number of nitrogens with zero attached hydrogens (tertiary/aromatic N) is 8. The van der Waals surface area contributed by atoms with Crippen molar-refractivity contribution in [3.8, 4) is 23.5 Å². The molecule has 50 heavy (non-hydrogen) atoms. The SMILES string of the molecule is Nc1nc2nc3c1nc(O)n3Cc1cccc(c1)OC(Nc1nc3nc4c1nc(O)n4Cc1cccc(c1)OCCCCCN3)COCCN2. The average molecular weight is 681 g/mol. The number of nitrogen functional groups attached to an aromatic ring is 1. The number of ether oxygens (including phenoxy) is 3. The lowest BCUT2D eigenvalue weighted by molar-refractivity contribution is 0.0679. The first-order chi connectivity index (χ1) is 24.5. The monoisotopic (exact) mass is 680 g/mol. The van der Waals surface area contributed by atoms with Crippen LogP contribution in [0.3, 0.4) is 0 Å². The Morgan fingerprint density at radius 3 is 2.22 bits per heavy atom. The number of aromatic hydroxyl groups is 2. The smallest absolute Gasteiger partial charge is 0.296 e. The molecule has 17 heteroatoms. The van der Waals surface area contributed by atoms with Crippen molar-refractivity contribution < 1.29 is 24.4 Å². The highest BCUT2D eigenvalue weighted by Crippen LogP contribution is 2.30. The van der Waals surface area contributed by atoms with Crippen LogP contribution in [-0.2, 0) is 17.8 Å². The van der Waals surface area contributed by atoms with Crippen molar-refractivity contribution in [1.29, 1.82) is 0 Å². The van der Waals surface area contributed by atoms with Crippen LogP contribution >= 0.6 is 0 Å². The standard InChI is InChI=1S/C33H36N12O5/c34-26-24-28-42-30(40-26)36-11-13-48-18-23(50-22-9-5-7-20(15-22)17-44(28)32(46)38-24)37-27-25-29-43-31(41-27)35-10-2-1-3-12-49-21-8-4-6-19(14-21)16-45(29)33(47)39-25/h4-9,14-15,23H,1-3,10-13,16-18H2,(H,38,46)(H,39,47)(H3,34,36,40,42)(H2,35,37,41,43). The second kappa shape index (κ2) is 13.4. The van der Waals surface area contributed by atoms with Crippen LogP contribution in [0.15, 0.2) is 48.5 Å². The largest absolute Gasteiger partial charge is 0.494 e. The molecule has 1 atom stereocenters. The van der Waals surface area contributed by atoms with E-state index in [1.165, 1.54) is 0 Å². The van der Waals surface area contributed by atoms with Crippen LogP contribution in [0.4, 0.5) is 23.5 Å². The number of aromatic nitrogens is 8. The molecule has 6 aromatic rings. The third kappa shape index (κ3) is 6.49. The third-order valence-electron chi connectivity index (χ3n) is 8.40. The van der Waals surface area contributed by atoms with E-state index in [0.717, 1.165) is 36.1 Å². The molecule has 4 aromatic heterocycles. The van der Waals surface area contributed by atoms with Crippen LogP contribution in [0.1, 0.15) is 30.4 Å². The van der Waals surface area contributed by atoms with Crippen molar-refractivity contribution in [3.63, 3.8) is 0 Å². The summed E-state index contributed by atoms with van der Waals surface area (Å²) in [4.78, 5) is 27.1. The number of hydrogen-bond acceptors (Lipinski definition) is 15. The predicted octanol–water partition coefficient (Wildman–Crippen LogP) is 3.29. The molecule has 2 aliphatic rings. The van der Waals surface area contributed by atoms with Gasteiger partial charge in [-0.15, -0.1) is 0 Å². The first-order valence-corrected chi connectivity index (χ1v) is 16.5. The highest BCUT2D eigenvalue weighted by Gasteiger charge is 2.23. The van der Waals surface area contributed by atoms with Crippen molar-refractivity contribution in [3.05, 3.63) is 59.7 Å². The summed E-state index contributed by atoms with van der Waals surface area (Å²) < 4.78 is 21.7. The molecular weight excluding hydrogens is 644 g/mol. The molecule has 17 nitrogen and oxygen atoms in total. The Hall–Kier alpha value is -6.10. The van der Waals surface area contributed by atoms with Crippen molar-refractivity contribution in [2.75, 3.05) is 54.6 Å². The first-order valence-electron chi connectivity index (χ1n) is 16.5. The minimum atomic E-state index is -0.738. The quantitative estimate of drug-likeness (QED) is 0.155. The molecule has 2 aromatic carbocycles. The van der Waals surface area contributed by atoms with Crippen molar-refractivity contribution in [2.24, 2.45) is 0 Å². The maximum Gasteiger partial charge on any atom is 0.296 e. The van der Waals surface area contributed by atoms with Gasteiger partial charge in [0.25, 0.3) is 12.0 Å². The van der Waals surface area contributed by atoms with Gasteiger partial charge >= 0.3 is 0 Å². The van der Waals surface area contributed by atoms with Crippen molar-refractivity contribution in [2.45, 2.75) is 38.6 Å². The molecule has 8 rings (SSSR count). The highest BCUT2D eigenvalue weighted by molar-refractivity contribution is 5.86. The maximum atomic E-state index is 11.1. The van der Waals surface area contributed by atoms with Gasteiger partial charge in [-0.3, -0.25) is 9.13 Å². The van der Waals surface area contributed by atoms with E-state index in [9.17, 15) is 10.2 Å². The third-order valence-corrected chi connectivity index (χ3v) is 8.40. The fourth-order valence-corrected chi connectivity index (χ4v) is 6.01. The second-order valence-electron chi connectivity index (χ2n) is 12.1. The van der Waals surface area contributed by atoms with Crippen LogP contribution in [-0.4, -0.2) is 88.4 Å². The normalized spacial score (nSPS) is 17.0. The number of anilines is 4. The van der Waals surface area contributed by atoms with E-state index >= 15 is 0 Å². The topological polar surface area (TPSA) is 217 Å². The number of hydrogen-bond donors (Lipinski definition) is 6. The maximum absolute atomic E-state index is 11.1. The molecule has 0 saturated heterocycles. The van der Waals surface area contributed by atoms with E-state index < -0.39 is 6.23 Å². The Morgan fingerprint density at radius 1 is 0.740 bits per heavy atom. The Kier molecular flexibility index (Phi) is 8.37. The lowest BCUT2D eigenvalue weighted by Gasteiger charge is -2.22. The summed E-state index contributed by atoms with van der Waals surface area (Å²) in [6, 6.07) is 14.8. The van der Waals surface area contributed by atoms with Crippen LogP contribution in [0.2, 0.25) is 0 Å². The molecular formula is C33H36N12O5. The van der Waals surface area contributed by atoms with Crippen LogP contribution in [0.25, 0.3) is 22.3 Å². The van der Waals surface area contributed by atoms with E-state index in [0.29, 0.717) is 66.1 Å². The van der Waals surface area contributed by atoms with Gasteiger partial charge in [-0.1, -0.05) is 24.3 Å². The van der Waals surface area contributed by atoms with E-state index in [4.69, 9.17) is 29.9 Å². The average Bonchev–Trinajstić information content (AvgIpc) is 3.58. The lowest BCUT2D eigenvalue weighted by atomic mass is 10.2. The Labute approximate surface area is 285 Å². The van der Waals surface area contributed by atoms with Gasteiger partial charge in [-0.25, -0.2) is 0 Å². The van der Waals surface area contributed by atoms with E-state index in [2.05, 4.69) is 35.9 Å². The lowest BCUT2D eigenvalue weighted by Crippen LogP contribution is -2.33. The molecule has 258 valence electrons. The minimum Gasteiger partial charge on any atom is -0.494 e. The number of rotatable bonds is 2. The molecule has 7 N–H and O–H groups in total. The molecule has 1 unspecified atom stereocenters. The van der Waals surface area contributed by atoms with Gasteiger partial charge < -0.3 is 46.1 Å². The number of benzene rings is 2. The summed E-state index contributed by atoms with van der Waals surface area (Å²) >= 11 is 0. The van der Waals surface area contributed by atoms with Gasteiger partial charge in [0.1, 0.15) is 18.1 Å². The molecule has 8 bridgehead atoms. The molecule has 2 aliphatic heterocycles. The van der Waals surface area contributed by atoms with Gasteiger partial charge in [0.05, 0.1) is 26.3 Å². The van der Waals surface area contributed by atoms with Crippen molar-refractivity contribution in [1.82, 2.24) is 39.0 Å². The second-order valence-corrected chi connectivity index (χ2v) is 12.1. The molecule has 0 amide bonds. The summed E-state index contributed by atoms with van der Waals surface area (Å²) in [6.07, 6.45) is 2.04. The van der Waals surface area contributed by atoms with Gasteiger partial charge in [-0.05, 0) is 54.7 Å². The Morgan fingerprint density at radius 2 is 1.42 bits per heavy atom. The minimum absolute atomic E-state index is 0.117. The molecule has 0 radical (unpaired) electrons. The van der Waals surface area contributed by atoms with Gasteiger partial charge in [0.2, 0.25) is 11.9 Å². The first kappa shape index (κ1) is 31.2. The summed E-state index contributed by atoms with van der Waals surface area (Å²) in [5.41, 5.74) is 9.42. The summed E-state index contributed by atoms with van der Waals surface area (Å²) in [6.45, 7) is 2.59. The van der Waals surface area contributed by atoms with Crippen LogP contribution < -0.4 is 31.2 Å². The van der Waals surface area contributed by atoms with Gasteiger partial charge in [0, 0.05) is 13.1 Å². The highest BCUT2D eigenvalue weighted by atomic mass is 16.5. The van der Waals surface area contributed by atoms with Gasteiger partial charge in [-0.2, -0.15) is 29.9 Å². The van der Waals surface area contributed by atoms with E-state index in [1.807, 2.05) is 48.5 Å². The summed E-state index contributed by atoms with van der Waals surface area (Å²) in [5.74, 6) is 2.50. The van der Waals surface area contributed by atoms with E-state index in [1.54, 1.807) is 9.13 Å². The van der Waals surface area contributed by atoms with Crippen molar-refractivity contribution >= 4 is 45.9 Å². The Balaban J connectivity index is 1.13. The number of imidazole rings is 2. The molecule has 0 saturated carbocycles. The zero-order valence-corrected chi connectivity index (χ0v) is 27.0.